The number of aliphatic hydroxyl groups is 1. The maximum atomic E-state index is 11.5. The van der Waals surface area contributed by atoms with E-state index >= 15 is 0 Å². The number of aliphatic carboxylic acids is 1. The minimum atomic E-state index is -1.09. The Bertz CT molecular complexity index is 255. The molecule has 0 bridgehead atoms. The van der Waals surface area contributed by atoms with Gasteiger partial charge in [-0.3, -0.25) is 4.79 Å². The number of hydrogen-bond acceptors (Lipinski definition) is 4. The Morgan fingerprint density at radius 1 is 1.53 bits per heavy atom. The predicted octanol–water partition coefficient (Wildman–Crippen LogP) is -0.931. The number of ether oxygens (including phenoxy) is 1. The van der Waals surface area contributed by atoms with Crippen LogP contribution in [0.1, 0.15) is 13.3 Å². The van der Waals surface area contributed by atoms with Gasteiger partial charge in [-0.2, -0.15) is 0 Å². The Morgan fingerprint density at radius 3 is 2.73 bits per heavy atom. The van der Waals surface area contributed by atoms with Gasteiger partial charge < -0.3 is 19.8 Å². The molecular weight excluding hydrogens is 202 g/mol. The van der Waals surface area contributed by atoms with Crippen LogP contribution >= 0.6 is 0 Å². The summed E-state index contributed by atoms with van der Waals surface area (Å²) >= 11 is 0. The summed E-state index contributed by atoms with van der Waals surface area (Å²) in [6, 6.07) is -0.923. The summed E-state index contributed by atoms with van der Waals surface area (Å²) in [5.41, 5.74) is 0. The molecule has 0 radical (unpaired) electrons. The summed E-state index contributed by atoms with van der Waals surface area (Å²) in [7, 11) is 0. The molecule has 1 heterocycles. The van der Waals surface area contributed by atoms with Crippen molar-refractivity contribution in [2.24, 2.45) is 0 Å². The largest absolute Gasteiger partial charge is 0.480 e. The summed E-state index contributed by atoms with van der Waals surface area (Å²) in [5, 5.41) is 18.1. The second-order valence-corrected chi connectivity index (χ2v) is 3.43. The van der Waals surface area contributed by atoms with E-state index in [1.807, 2.05) is 0 Å². The van der Waals surface area contributed by atoms with Crippen LogP contribution in [0.3, 0.4) is 0 Å². The van der Waals surface area contributed by atoms with Crippen LogP contribution in [-0.2, 0) is 14.3 Å². The number of rotatable bonds is 4. The molecule has 1 aliphatic rings. The standard InChI is InChI=1S/C9H15NO5/c1-2-15-5-8(12)10-4-6(11)3-7(10)9(13)14/h6-7,11H,2-5H2,1H3,(H,13,14)/t6?,7-/m0/s1. The number of carboxylic acid groups (broad SMARTS) is 1. The molecule has 86 valence electrons. The third-order valence-corrected chi connectivity index (χ3v) is 2.31. The minimum Gasteiger partial charge on any atom is -0.480 e. The summed E-state index contributed by atoms with van der Waals surface area (Å²) < 4.78 is 4.91. The average Bonchev–Trinajstić information content (AvgIpc) is 2.57. The fraction of sp³-hybridized carbons (Fsp3) is 0.778. The van der Waals surface area contributed by atoms with Crippen molar-refractivity contribution >= 4 is 11.9 Å². The Morgan fingerprint density at radius 2 is 2.20 bits per heavy atom. The van der Waals surface area contributed by atoms with Gasteiger partial charge in [-0.15, -0.1) is 0 Å². The van der Waals surface area contributed by atoms with Crippen molar-refractivity contribution < 1.29 is 24.5 Å². The van der Waals surface area contributed by atoms with Gasteiger partial charge in [-0.25, -0.2) is 4.79 Å². The van der Waals surface area contributed by atoms with Gasteiger partial charge in [-0.05, 0) is 6.92 Å². The molecule has 2 N–H and O–H groups in total. The van der Waals surface area contributed by atoms with Gasteiger partial charge >= 0.3 is 5.97 Å². The fourth-order valence-corrected chi connectivity index (χ4v) is 1.60. The van der Waals surface area contributed by atoms with Crippen LogP contribution < -0.4 is 0 Å². The lowest BCUT2D eigenvalue weighted by Crippen LogP contribution is -2.42. The molecule has 1 amide bonds. The number of likely N-dealkylation sites (tertiary alicyclic amines) is 1. The monoisotopic (exact) mass is 217 g/mol. The van der Waals surface area contributed by atoms with E-state index in [0.717, 1.165) is 4.90 Å². The third kappa shape index (κ3) is 2.90. The second kappa shape index (κ2) is 5.09. The molecule has 0 aromatic rings. The zero-order chi connectivity index (χ0) is 11.4. The van der Waals surface area contributed by atoms with E-state index in [9.17, 15) is 14.7 Å². The zero-order valence-electron chi connectivity index (χ0n) is 8.55. The van der Waals surface area contributed by atoms with Crippen LogP contribution in [0.4, 0.5) is 0 Å². The van der Waals surface area contributed by atoms with E-state index in [2.05, 4.69) is 0 Å². The van der Waals surface area contributed by atoms with Crippen LogP contribution in [0, 0.1) is 0 Å². The van der Waals surface area contributed by atoms with Gasteiger partial charge in [0.1, 0.15) is 12.6 Å². The van der Waals surface area contributed by atoms with Crippen molar-refractivity contribution in [3.63, 3.8) is 0 Å². The second-order valence-electron chi connectivity index (χ2n) is 3.43. The van der Waals surface area contributed by atoms with E-state index < -0.39 is 18.1 Å². The Balaban J connectivity index is 2.58. The number of carboxylic acids is 1. The van der Waals surface area contributed by atoms with Crippen LogP contribution in [0.15, 0.2) is 0 Å². The van der Waals surface area contributed by atoms with Gasteiger partial charge in [0, 0.05) is 19.6 Å². The summed E-state index contributed by atoms with van der Waals surface area (Å²) in [6.07, 6.45) is -0.663. The van der Waals surface area contributed by atoms with Crippen LogP contribution in [-0.4, -0.2) is 58.9 Å². The molecule has 15 heavy (non-hydrogen) atoms. The highest BCUT2D eigenvalue weighted by atomic mass is 16.5. The number of amides is 1. The van der Waals surface area contributed by atoms with Crippen molar-refractivity contribution in [2.45, 2.75) is 25.5 Å². The number of β-amino-alcohol motifs (C(OH)–C–C–N with tert-alkyl or cyclic N) is 1. The summed E-state index contributed by atoms with van der Waals surface area (Å²) in [4.78, 5) is 23.4. The average molecular weight is 217 g/mol. The molecule has 1 unspecified atom stereocenters. The molecule has 6 nitrogen and oxygen atoms in total. The minimum absolute atomic E-state index is 0.0723. The Labute approximate surface area is 87.4 Å². The van der Waals surface area contributed by atoms with Crippen molar-refractivity contribution in [3.8, 4) is 0 Å². The van der Waals surface area contributed by atoms with E-state index in [0.29, 0.717) is 6.61 Å². The number of carbonyl (C=O) groups is 2. The topological polar surface area (TPSA) is 87.1 Å². The quantitative estimate of drug-likeness (QED) is 0.635. The summed E-state index contributed by atoms with van der Waals surface area (Å²) in [6.45, 7) is 2.09. The van der Waals surface area contributed by atoms with E-state index in [-0.39, 0.29) is 25.5 Å². The van der Waals surface area contributed by atoms with Gasteiger partial charge in [0.05, 0.1) is 6.10 Å². The summed E-state index contributed by atoms with van der Waals surface area (Å²) in [5.74, 6) is -1.47. The van der Waals surface area contributed by atoms with Crippen molar-refractivity contribution in [3.05, 3.63) is 0 Å². The van der Waals surface area contributed by atoms with Crippen LogP contribution in [0.5, 0.6) is 0 Å². The molecule has 0 saturated carbocycles. The van der Waals surface area contributed by atoms with Gasteiger partial charge in [0.2, 0.25) is 5.91 Å². The number of aliphatic hydroxyl groups excluding tert-OH is 1. The zero-order valence-corrected chi connectivity index (χ0v) is 8.55. The molecule has 0 aromatic carbocycles. The Hall–Kier alpha value is -1.14. The van der Waals surface area contributed by atoms with E-state index in [1.165, 1.54) is 0 Å². The first-order chi connectivity index (χ1) is 7.06. The predicted molar refractivity (Wildman–Crippen MR) is 50.3 cm³/mol. The highest BCUT2D eigenvalue weighted by molar-refractivity contribution is 5.85. The van der Waals surface area contributed by atoms with Crippen LogP contribution in [0.2, 0.25) is 0 Å². The SMILES string of the molecule is CCOCC(=O)N1CC(O)C[C@H]1C(=O)O. The first-order valence-electron chi connectivity index (χ1n) is 4.84. The molecule has 6 heteroatoms. The first-order valence-corrected chi connectivity index (χ1v) is 4.84. The maximum Gasteiger partial charge on any atom is 0.326 e. The van der Waals surface area contributed by atoms with Crippen molar-refractivity contribution in [1.29, 1.82) is 0 Å². The van der Waals surface area contributed by atoms with Crippen molar-refractivity contribution in [1.82, 2.24) is 4.90 Å². The smallest absolute Gasteiger partial charge is 0.326 e. The van der Waals surface area contributed by atoms with Crippen LogP contribution in [0.25, 0.3) is 0 Å². The highest BCUT2D eigenvalue weighted by Gasteiger charge is 2.38. The lowest BCUT2D eigenvalue weighted by Gasteiger charge is -2.20. The van der Waals surface area contributed by atoms with Gasteiger partial charge in [-0.1, -0.05) is 0 Å². The number of hydrogen-bond donors (Lipinski definition) is 2. The molecule has 1 aliphatic heterocycles. The lowest BCUT2D eigenvalue weighted by molar-refractivity contribution is -0.150. The van der Waals surface area contributed by atoms with Gasteiger partial charge in [0.15, 0.2) is 0 Å². The highest BCUT2D eigenvalue weighted by Crippen LogP contribution is 2.18. The molecule has 0 aromatic heterocycles. The fourth-order valence-electron chi connectivity index (χ4n) is 1.60. The number of carbonyl (C=O) groups excluding carboxylic acids is 1. The molecule has 1 rings (SSSR count). The lowest BCUT2D eigenvalue weighted by atomic mass is 10.2. The van der Waals surface area contributed by atoms with Gasteiger partial charge in [0.25, 0.3) is 0 Å². The molecule has 0 aliphatic carbocycles. The number of nitrogens with zero attached hydrogens (tertiary/aromatic N) is 1. The van der Waals surface area contributed by atoms with Crippen molar-refractivity contribution in [2.75, 3.05) is 19.8 Å². The van der Waals surface area contributed by atoms with E-state index in [4.69, 9.17) is 9.84 Å². The third-order valence-electron chi connectivity index (χ3n) is 2.31. The molecule has 1 saturated heterocycles. The molecule has 0 spiro atoms. The molecule has 1 fully saturated rings. The normalized spacial score (nSPS) is 25.6. The first kappa shape index (κ1) is 11.9. The molecule has 2 atom stereocenters. The Kier molecular flexibility index (Phi) is 4.05. The molecular formula is C9H15NO5. The van der Waals surface area contributed by atoms with E-state index in [1.54, 1.807) is 6.92 Å². The maximum absolute atomic E-state index is 11.5.